The van der Waals surface area contributed by atoms with Crippen LogP contribution in [0.15, 0.2) is 18.2 Å². The molecule has 1 aromatic carbocycles. The third-order valence-electron chi connectivity index (χ3n) is 3.14. The van der Waals surface area contributed by atoms with Crippen LogP contribution >= 0.6 is 11.6 Å². The summed E-state index contributed by atoms with van der Waals surface area (Å²) < 4.78 is 6.87. The number of unbranched alkanes of at least 4 members (excludes halogenated alkanes) is 1. The zero-order valence-corrected chi connectivity index (χ0v) is 12.4. The molecule has 0 saturated heterocycles. The molecule has 0 fully saturated rings. The number of nitrogens with zero attached hydrogens (tertiary/aromatic N) is 3. The summed E-state index contributed by atoms with van der Waals surface area (Å²) in [4.78, 5) is 0. The molecule has 6 heteroatoms. The van der Waals surface area contributed by atoms with Gasteiger partial charge in [-0.25, -0.2) is 4.68 Å². The molecule has 0 unspecified atom stereocenters. The van der Waals surface area contributed by atoms with Gasteiger partial charge in [-0.2, -0.15) is 0 Å². The summed E-state index contributed by atoms with van der Waals surface area (Å²) in [5.74, 6) is 0.619. The van der Waals surface area contributed by atoms with E-state index in [9.17, 15) is 5.11 Å². The standard InChI is InChI=1S/C14H18ClN3O2/c1-3-4-5-13-12(9-19)16-17-18(13)10-6-7-14(20-2)11(15)8-10/h6-8,19H,3-5,9H2,1-2H3. The van der Waals surface area contributed by atoms with E-state index in [2.05, 4.69) is 17.2 Å². The van der Waals surface area contributed by atoms with E-state index in [0.717, 1.165) is 30.6 Å². The quantitative estimate of drug-likeness (QED) is 0.890. The van der Waals surface area contributed by atoms with Crippen LogP contribution in [0.1, 0.15) is 31.2 Å². The maximum Gasteiger partial charge on any atom is 0.137 e. The first-order valence-corrected chi connectivity index (χ1v) is 6.97. The van der Waals surface area contributed by atoms with Gasteiger partial charge in [-0.3, -0.25) is 0 Å². The van der Waals surface area contributed by atoms with E-state index in [4.69, 9.17) is 16.3 Å². The normalized spacial score (nSPS) is 10.8. The summed E-state index contributed by atoms with van der Waals surface area (Å²) in [6.07, 6.45) is 2.91. The monoisotopic (exact) mass is 295 g/mol. The Balaban J connectivity index is 2.41. The van der Waals surface area contributed by atoms with Crippen molar-refractivity contribution in [3.63, 3.8) is 0 Å². The van der Waals surface area contributed by atoms with E-state index in [1.807, 2.05) is 6.07 Å². The minimum absolute atomic E-state index is 0.108. The van der Waals surface area contributed by atoms with Gasteiger partial charge in [-0.1, -0.05) is 30.2 Å². The molecule has 0 amide bonds. The second-order valence-electron chi connectivity index (χ2n) is 4.48. The smallest absolute Gasteiger partial charge is 0.137 e. The summed E-state index contributed by atoms with van der Waals surface area (Å²) in [5, 5.41) is 18.0. The van der Waals surface area contributed by atoms with Crippen LogP contribution in [-0.2, 0) is 13.0 Å². The van der Waals surface area contributed by atoms with Gasteiger partial charge in [0.25, 0.3) is 0 Å². The van der Waals surface area contributed by atoms with Crippen molar-refractivity contribution >= 4 is 11.6 Å². The summed E-state index contributed by atoms with van der Waals surface area (Å²) in [5.41, 5.74) is 2.36. The van der Waals surface area contributed by atoms with E-state index < -0.39 is 0 Å². The van der Waals surface area contributed by atoms with Crippen molar-refractivity contribution in [1.82, 2.24) is 15.0 Å². The molecule has 2 aromatic rings. The highest BCUT2D eigenvalue weighted by molar-refractivity contribution is 6.32. The molecule has 0 aliphatic carbocycles. The van der Waals surface area contributed by atoms with Crippen LogP contribution in [0.3, 0.4) is 0 Å². The lowest BCUT2D eigenvalue weighted by Gasteiger charge is -2.09. The number of halogens is 1. The third-order valence-corrected chi connectivity index (χ3v) is 3.44. The maximum absolute atomic E-state index is 9.35. The van der Waals surface area contributed by atoms with Crippen molar-refractivity contribution in [2.24, 2.45) is 0 Å². The Labute approximate surface area is 123 Å². The van der Waals surface area contributed by atoms with Gasteiger partial charge in [0, 0.05) is 0 Å². The fraction of sp³-hybridized carbons (Fsp3) is 0.429. The Bertz CT molecular complexity index is 584. The second-order valence-corrected chi connectivity index (χ2v) is 4.88. The highest BCUT2D eigenvalue weighted by atomic mass is 35.5. The van der Waals surface area contributed by atoms with E-state index in [-0.39, 0.29) is 6.61 Å². The van der Waals surface area contributed by atoms with Crippen molar-refractivity contribution in [3.8, 4) is 11.4 Å². The second kappa shape index (κ2) is 6.72. The van der Waals surface area contributed by atoms with Gasteiger partial charge in [0.2, 0.25) is 0 Å². The van der Waals surface area contributed by atoms with Crippen molar-refractivity contribution in [2.45, 2.75) is 32.8 Å². The van der Waals surface area contributed by atoms with Gasteiger partial charge >= 0.3 is 0 Å². The molecule has 0 aliphatic rings. The van der Waals surface area contributed by atoms with Crippen molar-refractivity contribution in [3.05, 3.63) is 34.6 Å². The SMILES string of the molecule is CCCCc1c(CO)nnn1-c1ccc(OC)c(Cl)c1. The number of benzene rings is 1. The van der Waals surface area contributed by atoms with Crippen LogP contribution in [0, 0.1) is 0 Å². The zero-order chi connectivity index (χ0) is 14.5. The van der Waals surface area contributed by atoms with Crippen LogP contribution in [0.2, 0.25) is 5.02 Å². The van der Waals surface area contributed by atoms with E-state index in [1.165, 1.54) is 0 Å². The lowest BCUT2D eigenvalue weighted by atomic mass is 10.1. The van der Waals surface area contributed by atoms with E-state index in [1.54, 1.807) is 23.9 Å². The predicted molar refractivity (Wildman–Crippen MR) is 77.5 cm³/mol. The van der Waals surface area contributed by atoms with Gasteiger partial charge in [-0.05, 0) is 31.0 Å². The molecule has 1 N–H and O–H groups in total. The van der Waals surface area contributed by atoms with Gasteiger partial charge in [0.1, 0.15) is 11.4 Å². The summed E-state index contributed by atoms with van der Waals surface area (Å²) in [6, 6.07) is 5.45. The van der Waals surface area contributed by atoms with Gasteiger partial charge in [-0.15, -0.1) is 5.10 Å². The molecule has 0 atom stereocenters. The number of ether oxygens (including phenoxy) is 1. The Kier molecular flexibility index (Phi) is 4.98. The highest BCUT2D eigenvalue weighted by Gasteiger charge is 2.14. The fourth-order valence-corrected chi connectivity index (χ4v) is 2.30. The molecule has 1 aromatic heterocycles. The Morgan fingerprint density at radius 1 is 1.40 bits per heavy atom. The number of hydrogen-bond acceptors (Lipinski definition) is 4. The number of methoxy groups -OCH3 is 1. The first-order chi connectivity index (χ1) is 9.71. The number of rotatable bonds is 6. The van der Waals surface area contributed by atoms with E-state index in [0.29, 0.717) is 16.5 Å². The first kappa shape index (κ1) is 14.8. The summed E-state index contributed by atoms with van der Waals surface area (Å²) in [7, 11) is 1.58. The van der Waals surface area contributed by atoms with Crippen molar-refractivity contribution in [2.75, 3.05) is 7.11 Å². The van der Waals surface area contributed by atoms with Crippen LogP contribution in [0.25, 0.3) is 5.69 Å². The van der Waals surface area contributed by atoms with Crippen molar-refractivity contribution < 1.29 is 9.84 Å². The Morgan fingerprint density at radius 2 is 2.20 bits per heavy atom. The minimum atomic E-state index is -0.108. The molecule has 0 saturated carbocycles. The largest absolute Gasteiger partial charge is 0.495 e. The summed E-state index contributed by atoms with van der Waals surface area (Å²) >= 11 is 6.14. The first-order valence-electron chi connectivity index (χ1n) is 6.59. The van der Waals surface area contributed by atoms with Gasteiger partial charge in [0.15, 0.2) is 0 Å². The topological polar surface area (TPSA) is 60.2 Å². The average Bonchev–Trinajstić information content (AvgIpc) is 2.87. The number of aromatic nitrogens is 3. The Hall–Kier alpha value is -1.59. The molecule has 5 nitrogen and oxygen atoms in total. The van der Waals surface area contributed by atoms with Crippen LogP contribution in [0.5, 0.6) is 5.75 Å². The zero-order valence-electron chi connectivity index (χ0n) is 11.6. The lowest BCUT2D eigenvalue weighted by Crippen LogP contribution is -2.04. The van der Waals surface area contributed by atoms with Gasteiger partial charge < -0.3 is 9.84 Å². The van der Waals surface area contributed by atoms with Crippen LogP contribution < -0.4 is 4.74 Å². The molecular weight excluding hydrogens is 278 g/mol. The predicted octanol–water partition coefficient (Wildman–Crippen LogP) is 2.76. The molecule has 2 rings (SSSR count). The van der Waals surface area contributed by atoms with Crippen molar-refractivity contribution in [1.29, 1.82) is 0 Å². The molecular formula is C14H18ClN3O2. The maximum atomic E-state index is 9.35. The van der Waals surface area contributed by atoms with E-state index >= 15 is 0 Å². The molecule has 0 radical (unpaired) electrons. The molecule has 0 aliphatic heterocycles. The van der Waals surface area contributed by atoms with Gasteiger partial charge in [0.05, 0.1) is 30.1 Å². The molecule has 108 valence electrons. The Morgan fingerprint density at radius 3 is 2.80 bits per heavy atom. The molecule has 20 heavy (non-hydrogen) atoms. The molecule has 0 bridgehead atoms. The number of hydrogen-bond donors (Lipinski definition) is 1. The molecule has 1 heterocycles. The molecule has 0 spiro atoms. The van der Waals surface area contributed by atoms with Crippen LogP contribution in [0.4, 0.5) is 0 Å². The highest BCUT2D eigenvalue weighted by Crippen LogP contribution is 2.27. The summed E-state index contributed by atoms with van der Waals surface area (Å²) in [6.45, 7) is 2.01. The number of aliphatic hydroxyl groups excluding tert-OH is 1. The fourth-order valence-electron chi connectivity index (χ4n) is 2.04. The number of aliphatic hydroxyl groups is 1. The average molecular weight is 296 g/mol. The lowest BCUT2D eigenvalue weighted by molar-refractivity contribution is 0.275. The third kappa shape index (κ3) is 2.94. The minimum Gasteiger partial charge on any atom is -0.495 e. The van der Waals surface area contributed by atoms with Crippen LogP contribution in [-0.4, -0.2) is 27.2 Å².